The van der Waals surface area contributed by atoms with E-state index in [1.165, 1.54) is 0 Å². The van der Waals surface area contributed by atoms with Gasteiger partial charge in [-0.05, 0) is 26.3 Å². The Bertz CT molecular complexity index is 214. The van der Waals surface area contributed by atoms with Crippen molar-refractivity contribution in [3.63, 3.8) is 0 Å². The molecule has 2 rings (SSSR count). The molecule has 0 amide bonds. The minimum Gasteiger partial charge on any atom is -0.389 e. The summed E-state index contributed by atoms with van der Waals surface area (Å²) in [6.45, 7) is 4.08. The van der Waals surface area contributed by atoms with Gasteiger partial charge in [-0.25, -0.2) is 0 Å². The summed E-state index contributed by atoms with van der Waals surface area (Å²) in [5.41, 5.74) is 0. The van der Waals surface area contributed by atoms with Gasteiger partial charge in [0.25, 0.3) is 0 Å². The maximum absolute atomic E-state index is 9.37. The predicted molar refractivity (Wildman–Crippen MR) is 48.2 cm³/mol. The molecule has 3 unspecified atom stereocenters. The van der Waals surface area contributed by atoms with Crippen molar-refractivity contribution in [1.29, 1.82) is 0 Å². The van der Waals surface area contributed by atoms with Crippen molar-refractivity contribution in [2.75, 3.05) is 0 Å². The highest BCUT2D eigenvalue weighted by atomic mass is 16.7. The van der Waals surface area contributed by atoms with E-state index >= 15 is 0 Å². The largest absolute Gasteiger partial charge is 0.389 e. The molecule has 2 aliphatic rings. The maximum Gasteiger partial charge on any atom is 0.191 e. The number of aliphatic hydroxyl groups is 1. The van der Waals surface area contributed by atoms with E-state index in [1.807, 2.05) is 19.9 Å². The molecular weight excluding hydrogens is 168 g/mol. The Morgan fingerprint density at radius 3 is 2.38 bits per heavy atom. The van der Waals surface area contributed by atoms with Crippen LogP contribution in [0.25, 0.3) is 0 Å². The van der Waals surface area contributed by atoms with Crippen LogP contribution in [-0.4, -0.2) is 29.2 Å². The van der Waals surface area contributed by atoms with Gasteiger partial charge in [-0.3, -0.25) is 0 Å². The van der Waals surface area contributed by atoms with E-state index in [-0.39, 0.29) is 12.2 Å². The molecule has 1 fully saturated rings. The zero-order valence-electron chi connectivity index (χ0n) is 8.06. The summed E-state index contributed by atoms with van der Waals surface area (Å²) < 4.78 is 11.4. The molecule has 1 aliphatic carbocycles. The van der Waals surface area contributed by atoms with Crippen molar-refractivity contribution in [3.05, 3.63) is 12.2 Å². The van der Waals surface area contributed by atoms with E-state index in [1.54, 1.807) is 6.08 Å². The fraction of sp³-hybridized carbons (Fsp3) is 0.800. The van der Waals surface area contributed by atoms with Crippen LogP contribution in [0.5, 0.6) is 0 Å². The number of ether oxygens (including phenoxy) is 2. The van der Waals surface area contributed by atoms with Crippen LogP contribution in [0, 0.1) is 0 Å². The van der Waals surface area contributed by atoms with Gasteiger partial charge in [-0.15, -0.1) is 0 Å². The molecule has 3 atom stereocenters. The summed E-state index contributed by atoms with van der Waals surface area (Å²) >= 11 is 0. The van der Waals surface area contributed by atoms with Gasteiger partial charge in [0.1, 0.15) is 0 Å². The summed E-state index contributed by atoms with van der Waals surface area (Å²) in [5, 5.41) is 9.37. The summed E-state index contributed by atoms with van der Waals surface area (Å²) in [4.78, 5) is 0. The standard InChI is InChI=1S/C10H16O3/c1-7-5-8(2)13-10(12-7)4-3-9(11)6-10/h3-4,7-9,11H,5-6H2,1-2H3. The minimum atomic E-state index is -0.642. The molecular formula is C10H16O3. The van der Waals surface area contributed by atoms with Gasteiger partial charge in [0.05, 0.1) is 18.3 Å². The van der Waals surface area contributed by atoms with Crippen LogP contribution in [0.15, 0.2) is 12.2 Å². The number of hydrogen-bond acceptors (Lipinski definition) is 3. The molecule has 1 spiro atoms. The van der Waals surface area contributed by atoms with Crippen LogP contribution in [0.3, 0.4) is 0 Å². The van der Waals surface area contributed by atoms with Gasteiger partial charge >= 0.3 is 0 Å². The average molecular weight is 184 g/mol. The molecule has 3 nitrogen and oxygen atoms in total. The van der Waals surface area contributed by atoms with Crippen LogP contribution in [0.2, 0.25) is 0 Å². The zero-order valence-corrected chi connectivity index (χ0v) is 8.06. The Morgan fingerprint density at radius 1 is 1.31 bits per heavy atom. The highest BCUT2D eigenvalue weighted by Gasteiger charge is 2.42. The van der Waals surface area contributed by atoms with E-state index in [4.69, 9.17) is 9.47 Å². The van der Waals surface area contributed by atoms with E-state index in [0.717, 1.165) is 6.42 Å². The molecule has 1 N–H and O–H groups in total. The topological polar surface area (TPSA) is 38.7 Å². The molecule has 0 aromatic carbocycles. The number of rotatable bonds is 0. The number of hydrogen-bond donors (Lipinski definition) is 1. The average Bonchev–Trinajstić information content (AvgIpc) is 2.28. The molecule has 0 saturated carbocycles. The molecule has 0 aromatic heterocycles. The second kappa shape index (κ2) is 3.08. The Hall–Kier alpha value is -0.380. The lowest BCUT2D eigenvalue weighted by Gasteiger charge is -2.39. The Labute approximate surface area is 78.3 Å². The van der Waals surface area contributed by atoms with Crippen molar-refractivity contribution in [3.8, 4) is 0 Å². The van der Waals surface area contributed by atoms with Gasteiger partial charge in [0.2, 0.25) is 0 Å². The SMILES string of the molecule is CC1CC(C)OC2(C=CC(O)C2)O1. The van der Waals surface area contributed by atoms with Crippen molar-refractivity contribution in [1.82, 2.24) is 0 Å². The van der Waals surface area contributed by atoms with Crippen molar-refractivity contribution in [2.24, 2.45) is 0 Å². The van der Waals surface area contributed by atoms with Gasteiger partial charge < -0.3 is 14.6 Å². The third-order valence-corrected chi connectivity index (χ3v) is 2.53. The third kappa shape index (κ3) is 1.77. The summed E-state index contributed by atoms with van der Waals surface area (Å²) in [6.07, 6.45) is 5.02. The van der Waals surface area contributed by atoms with Crippen molar-refractivity contribution in [2.45, 2.75) is 50.8 Å². The van der Waals surface area contributed by atoms with Gasteiger partial charge in [0.15, 0.2) is 5.79 Å². The first-order valence-electron chi connectivity index (χ1n) is 4.83. The van der Waals surface area contributed by atoms with Gasteiger partial charge in [0, 0.05) is 6.42 Å². The fourth-order valence-electron chi connectivity index (χ4n) is 2.13. The second-order valence-corrected chi connectivity index (χ2v) is 4.04. The van der Waals surface area contributed by atoms with Crippen LogP contribution < -0.4 is 0 Å². The summed E-state index contributed by atoms with van der Waals surface area (Å²) in [7, 11) is 0. The highest BCUT2D eigenvalue weighted by Crippen LogP contribution is 2.35. The van der Waals surface area contributed by atoms with Crippen LogP contribution in [0.1, 0.15) is 26.7 Å². The normalized spacial score (nSPS) is 50.2. The summed E-state index contributed by atoms with van der Waals surface area (Å²) in [5.74, 6) is -0.642. The van der Waals surface area contributed by atoms with E-state index in [9.17, 15) is 5.11 Å². The predicted octanol–water partition coefficient (Wildman–Crippen LogP) is 1.22. The fourth-order valence-corrected chi connectivity index (χ4v) is 2.13. The lowest BCUT2D eigenvalue weighted by atomic mass is 10.1. The lowest BCUT2D eigenvalue weighted by molar-refractivity contribution is -0.287. The molecule has 3 heteroatoms. The molecule has 1 heterocycles. The number of aliphatic hydroxyl groups excluding tert-OH is 1. The molecule has 0 bridgehead atoms. The quantitative estimate of drug-likeness (QED) is 0.575. The van der Waals surface area contributed by atoms with Crippen LogP contribution in [0.4, 0.5) is 0 Å². The van der Waals surface area contributed by atoms with E-state index < -0.39 is 11.9 Å². The molecule has 74 valence electrons. The molecule has 13 heavy (non-hydrogen) atoms. The Morgan fingerprint density at radius 2 is 1.92 bits per heavy atom. The minimum absolute atomic E-state index is 0.207. The first kappa shape index (κ1) is 9.19. The first-order chi connectivity index (χ1) is 6.10. The Balaban J connectivity index is 2.10. The van der Waals surface area contributed by atoms with Crippen LogP contribution >= 0.6 is 0 Å². The lowest BCUT2D eigenvalue weighted by Crippen LogP contribution is -2.45. The van der Waals surface area contributed by atoms with E-state index in [0.29, 0.717) is 6.42 Å². The van der Waals surface area contributed by atoms with Crippen molar-refractivity contribution >= 4 is 0 Å². The van der Waals surface area contributed by atoms with Crippen molar-refractivity contribution < 1.29 is 14.6 Å². The molecule has 0 radical (unpaired) electrons. The van der Waals surface area contributed by atoms with Gasteiger partial charge in [-0.1, -0.05) is 6.08 Å². The van der Waals surface area contributed by atoms with Gasteiger partial charge in [-0.2, -0.15) is 0 Å². The maximum atomic E-state index is 9.37. The van der Waals surface area contributed by atoms with E-state index in [2.05, 4.69) is 0 Å². The first-order valence-corrected chi connectivity index (χ1v) is 4.83. The Kier molecular flexibility index (Phi) is 2.18. The van der Waals surface area contributed by atoms with Crippen LogP contribution in [-0.2, 0) is 9.47 Å². The zero-order chi connectivity index (χ0) is 9.47. The smallest absolute Gasteiger partial charge is 0.191 e. The second-order valence-electron chi connectivity index (χ2n) is 4.04. The molecule has 1 saturated heterocycles. The molecule has 0 aromatic rings. The third-order valence-electron chi connectivity index (χ3n) is 2.53. The summed E-state index contributed by atoms with van der Waals surface area (Å²) in [6, 6.07) is 0. The monoisotopic (exact) mass is 184 g/mol. The highest BCUT2D eigenvalue weighted by molar-refractivity contribution is 5.10. The molecule has 1 aliphatic heterocycles.